The van der Waals surface area contributed by atoms with Crippen molar-refractivity contribution in [2.24, 2.45) is 23.7 Å². The summed E-state index contributed by atoms with van der Waals surface area (Å²) in [5.41, 5.74) is 0. The molecule has 0 aromatic heterocycles. The van der Waals surface area contributed by atoms with Crippen molar-refractivity contribution in [3.63, 3.8) is 0 Å². The van der Waals surface area contributed by atoms with Gasteiger partial charge in [0.05, 0.1) is 7.11 Å². The molecule has 1 amide bonds. The van der Waals surface area contributed by atoms with E-state index in [0.29, 0.717) is 0 Å². The van der Waals surface area contributed by atoms with Crippen LogP contribution in [0.15, 0.2) is 0 Å². The topological polar surface area (TPSA) is 55.4 Å². The molecular formula is C14H23NO3. The van der Waals surface area contributed by atoms with Gasteiger partial charge in [-0.1, -0.05) is 20.3 Å². The second kappa shape index (κ2) is 5.29. The molecule has 0 spiro atoms. The van der Waals surface area contributed by atoms with E-state index in [1.165, 1.54) is 13.5 Å². The highest BCUT2D eigenvalue weighted by molar-refractivity contribution is 5.86. The minimum absolute atomic E-state index is 0.0397. The summed E-state index contributed by atoms with van der Waals surface area (Å²) in [6, 6.07) is -0.496. The van der Waals surface area contributed by atoms with E-state index >= 15 is 0 Å². The third kappa shape index (κ3) is 2.68. The normalized spacial score (nSPS) is 32.3. The minimum atomic E-state index is -0.496. The van der Waals surface area contributed by atoms with Crippen LogP contribution < -0.4 is 5.32 Å². The zero-order chi connectivity index (χ0) is 13.3. The van der Waals surface area contributed by atoms with E-state index < -0.39 is 6.04 Å². The van der Waals surface area contributed by atoms with Crippen molar-refractivity contribution in [2.75, 3.05) is 7.11 Å². The van der Waals surface area contributed by atoms with E-state index in [-0.39, 0.29) is 23.7 Å². The maximum atomic E-state index is 12.1. The van der Waals surface area contributed by atoms with Gasteiger partial charge in [0, 0.05) is 5.92 Å². The third-order valence-electron chi connectivity index (χ3n) is 4.58. The highest BCUT2D eigenvalue weighted by Gasteiger charge is 2.48. The predicted molar refractivity (Wildman–Crippen MR) is 67.7 cm³/mol. The van der Waals surface area contributed by atoms with Crippen LogP contribution in [-0.2, 0) is 14.3 Å². The summed E-state index contributed by atoms with van der Waals surface area (Å²) < 4.78 is 4.78. The number of fused-ring (bicyclic) bond motifs is 1. The van der Waals surface area contributed by atoms with E-state index in [1.54, 1.807) is 0 Å². The summed E-state index contributed by atoms with van der Waals surface area (Å²) in [5, 5.41) is 2.89. The fourth-order valence-corrected chi connectivity index (χ4v) is 3.00. The van der Waals surface area contributed by atoms with Crippen LogP contribution in [0, 0.1) is 23.7 Å². The molecule has 0 radical (unpaired) electrons. The van der Waals surface area contributed by atoms with Gasteiger partial charge in [0.15, 0.2) is 0 Å². The van der Waals surface area contributed by atoms with Crippen LogP contribution in [0.3, 0.4) is 0 Å². The average molecular weight is 253 g/mol. The van der Waals surface area contributed by atoms with Crippen molar-refractivity contribution in [3.8, 4) is 0 Å². The van der Waals surface area contributed by atoms with Gasteiger partial charge < -0.3 is 10.1 Å². The quantitative estimate of drug-likeness (QED) is 0.759. The Kier molecular flexibility index (Phi) is 3.93. The number of hydrogen-bond donors (Lipinski definition) is 1. The molecule has 4 heteroatoms. The van der Waals surface area contributed by atoms with E-state index in [0.717, 1.165) is 31.1 Å². The van der Waals surface area contributed by atoms with Gasteiger partial charge in [-0.25, -0.2) is 4.79 Å². The van der Waals surface area contributed by atoms with Gasteiger partial charge in [-0.15, -0.1) is 0 Å². The minimum Gasteiger partial charge on any atom is -0.467 e. The second-order valence-electron chi connectivity index (χ2n) is 5.82. The Labute approximate surface area is 108 Å². The number of hydrogen-bond acceptors (Lipinski definition) is 3. The van der Waals surface area contributed by atoms with Crippen molar-refractivity contribution in [3.05, 3.63) is 0 Å². The Hall–Kier alpha value is -1.06. The Balaban J connectivity index is 1.91. The van der Waals surface area contributed by atoms with Crippen LogP contribution >= 0.6 is 0 Å². The molecule has 4 nitrogen and oxygen atoms in total. The molecule has 2 aliphatic carbocycles. The number of carbonyl (C=O) groups excluding carboxylic acids is 2. The Morgan fingerprint density at radius 3 is 2.39 bits per heavy atom. The first-order valence-corrected chi connectivity index (χ1v) is 6.95. The zero-order valence-electron chi connectivity index (χ0n) is 11.4. The summed E-state index contributed by atoms with van der Waals surface area (Å²) in [6.07, 6.45) is 4.15. The number of carbonyl (C=O) groups is 2. The standard InChI is InChI=1S/C14H23NO3/c1-4-8(2)12(14(17)18-3)15-13(16)11-6-9-5-10(9)7-11/h8-12H,4-7H2,1-3H3,(H,15,16). The molecule has 0 bridgehead atoms. The zero-order valence-corrected chi connectivity index (χ0v) is 11.4. The lowest BCUT2D eigenvalue weighted by atomic mass is 9.97. The highest BCUT2D eigenvalue weighted by Crippen LogP contribution is 2.54. The summed E-state index contributed by atoms with van der Waals surface area (Å²) in [6.45, 7) is 3.98. The van der Waals surface area contributed by atoms with Gasteiger partial charge in [0.1, 0.15) is 6.04 Å². The first kappa shape index (κ1) is 13.4. The molecule has 2 fully saturated rings. The molecule has 4 atom stereocenters. The third-order valence-corrected chi connectivity index (χ3v) is 4.58. The van der Waals surface area contributed by atoms with Gasteiger partial charge in [0.25, 0.3) is 0 Å². The molecule has 0 saturated heterocycles. The van der Waals surface area contributed by atoms with Crippen molar-refractivity contribution < 1.29 is 14.3 Å². The van der Waals surface area contributed by atoms with Crippen molar-refractivity contribution in [2.45, 2.75) is 45.6 Å². The SMILES string of the molecule is CCC(C)C(NC(=O)C1CC2CC2C1)C(=O)OC. The maximum Gasteiger partial charge on any atom is 0.328 e. The fourth-order valence-electron chi connectivity index (χ4n) is 3.00. The van der Waals surface area contributed by atoms with Gasteiger partial charge in [-0.2, -0.15) is 0 Å². The molecule has 4 unspecified atom stereocenters. The fraction of sp³-hybridized carbons (Fsp3) is 0.857. The molecule has 2 rings (SSSR count). The average Bonchev–Trinajstić information content (AvgIpc) is 3.00. The molecule has 0 aliphatic heterocycles. The van der Waals surface area contributed by atoms with Crippen LogP contribution in [0.1, 0.15) is 39.5 Å². The number of amides is 1. The van der Waals surface area contributed by atoms with E-state index in [9.17, 15) is 9.59 Å². The Morgan fingerprint density at radius 1 is 1.28 bits per heavy atom. The molecule has 18 heavy (non-hydrogen) atoms. The molecular weight excluding hydrogens is 230 g/mol. The molecule has 1 N–H and O–H groups in total. The highest BCUT2D eigenvalue weighted by atomic mass is 16.5. The lowest BCUT2D eigenvalue weighted by Crippen LogP contribution is -2.47. The number of esters is 1. The van der Waals surface area contributed by atoms with Crippen molar-refractivity contribution in [1.29, 1.82) is 0 Å². The predicted octanol–water partition coefficient (Wildman–Crippen LogP) is 1.74. The van der Waals surface area contributed by atoms with E-state index in [4.69, 9.17) is 4.74 Å². The molecule has 102 valence electrons. The summed E-state index contributed by atoms with van der Waals surface area (Å²) in [5.74, 6) is 1.49. The first-order valence-electron chi connectivity index (χ1n) is 6.95. The summed E-state index contributed by atoms with van der Waals surface area (Å²) in [7, 11) is 1.37. The largest absolute Gasteiger partial charge is 0.467 e. The number of methoxy groups -OCH3 is 1. The van der Waals surface area contributed by atoms with E-state index in [2.05, 4.69) is 5.32 Å². The molecule has 0 aromatic carbocycles. The smallest absolute Gasteiger partial charge is 0.328 e. The monoisotopic (exact) mass is 253 g/mol. The van der Waals surface area contributed by atoms with Gasteiger partial charge in [-0.3, -0.25) is 4.79 Å². The summed E-state index contributed by atoms with van der Waals surface area (Å²) in [4.78, 5) is 23.8. The lowest BCUT2D eigenvalue weighted by molar-refractivity contribution is -0.147. The number of nitrogens with one attached hydrogen (secondary N) is 1. The first-order chi connectivity index (χ1) is 8.56. The number of rotatable bonds is 5. The molecule has 0 heterocycles. The summed E-state index contributed by atoms with van der Waals surface area (Å²) >= 11 is 0. The number of ether oxygens (including phenoxy) is 1. The van der Waals surface area contributed by atoms with E-state index in [1.807, 2.05) is 13.8 Å². The molecule has 2 saturated carbocycles. The van der Waals surface area contributed by atoms with Crippen LogP contribution in [0.25, 0.3) is 0 Å². The molecule has 2 aliphatic rings. The van der Waals surface area contributed by atoms with Crippen molar-refractivity contribution in [1.82, 2.24) is 5.32 Å². The van der Waals surface area contributed by atoms with Crippen LogP contribution in [0.2, 0.25) is 0 Å². The maximum absolute atomic E-state index is 12.1. The Morgan fingerprint density at radius 2 is 1.89 bits per heavy atom. The van der Waals surface area contributed by atoms with Gasteiger partial charge in [-0.05, 0) is 37.0 Å². The van der Waals surface area contributed by atoms with Crippen LogP contribution in [0.4, 0.5) is 0 Å². The molecule has 0 aromatic rings. The van der Waals surface area contributed by atoms with Crippen molar-refractivity contribution >= 4 is 11.9 Å². The van der Waals surface area contributed by atoms with Crippen LogP contribution in [0.5, 0.6) is 0 Å². The van der Waals surface area contributed by atoms with Crippen LogP contribution in [-0.4, -0.2) is 25.0 Å². The van der Waals surface area contributed by atoms with Gasteiger partial charge in [0.2, 0.25) is 5.91 Å². The lowest BCUT2D eigenvalue weighted by Gasteiger charge is -2.23. The second-order valence-corrected chi connectivity index (χ2v) is 5.82. The van der Waals surface area contributed by atoms with Gasteiger partial charge >= 0.3 is 5.97 Å². The Bertz CT molecular complexity index is 332.